The number of sulfonamides is 1. The maximum absolute atomic E-state index is 13.1. The van der Waals surface area contributed by atoms with E-state index in [0.29, 0.717) is 45.1 Å². The fraction of sp³-hybridized carbons (Fsp3) is 0.480. The van der Waals surface area contributed by atoms with Gasteiger partial charge in [-0.25, -0.2) is 8.42 Å². The number of nitrogens with zero attached hydrogens (tertiary/aromatic N) is 2. The highest BCUT2D eigenvalue weighted by Gasteiger charge is 2.24. The van der Waals surface area contributed by atoms with Gasteiger partial charge in [0.2, 0.25) is 15.9 Å². The van der Waals surface area contributed by atoms with Gasteiger partial charge in [-0.2, -0.15) is 4.31 Å². The van der Waals surface area contributed by atoms with E-state index in [-0.39, 0.29) is 23.8 Å². The summed E-state index contributed by atoms with van der Waals surface area (Å²) in [6.07, 6.45) is 0.142. The number of hydrogen-bond acceptors (Lipinski definition) is 6. The van der Waals surface area contributed by atoms with Crippen LogP contribution in [0.2, 0.25) is 0 Å². The van der Waals surface area contributed by atoms with Gasteiger partial charge >= 0.3 is 0 Å². The first-order valence-electron chi connectivity index (χ1n) is 11.7. The van der Waals surface area contributed by atoms with E-state index in [0.717, 1.165) is 22.6 Å². The van der Waals surface area contributed by atoms with E-state index in [9.17, 15) is 13.2 Å². The minimum Gasteiger partial charge on any atom is -0.493 e. The van der Waals surface area contributed by atoms with Gasteiger partial charge in [0.1, 0.15) is 5.75 Å². The van der Waals surface area contributed by atoms with E-state index in [2.05, 4.69) is 10.2 Å². The lowest BCUT2D eigenvalue weighted by Gasteiger charge is -2.31. The standard InChI is InChI=1S/C25H35N3O5S/c1-5-28(6-2)34(30,31)21-8-9-23(27-12-15-32-16-13-27)22(18-21)26-25(29)11-14-33-24-10-7-19(3)17-20(24)4/h7-10,17-18H,5-6,11-16H2,1-4H3,(H,26,29). The lowest BCUT2D eigenvalue weighted by molar-refractivity contribution is -0.116. The van der Waals surface area contributed by atoms with Crippen molar-refractivity contribution in [3.8, 4) is 5.75 Å². The second kappa shape index (κ2) is 11.7. The quantitative estimate of drug-likeness (QED) is 0.549. The summed E-state index contributed by atoms with van der Waals surface area (Å²) in [5.41, 5.74) is 3.43. The number of anilines is 2. The van der Waals surface area contributed by atoms with Crippen molar-refractivity contribution in [3.63, 3.8) is 0 Å². The molecular formula is C25H35N3O5S. The highest BCUT2D eigenvalue weighted by atomic mass is 32.2. The van der Waals surface area contributed by atoms with Gasteiger partial charge in [0, 0.05) is 26.2 Å². The topological polar surface area (TPSA) is 88.2 Å². The fourth-order valence-electron chi connectivity index (χ4n) is 4.00. The van der Waals surface area contributed by atoms with Gasteiger partial charge in [0.05, 0.1) is 42.5 Å². The molecule has 0 aromatic heterocycles. The second-order valence-electron chi connectivity index (χ2n) is 8.28. The molecule has 3 rings (SSSR count). The Hall–Kier alpha value is -2.62. The molecule has 0 bridgehead atoms. The summed E-state index contributed by atoms with van der Waals surface area (Å²) >= 11 is 0. The third-order valence-corrected chi connectivity index (χ3v) is 7.90. The summed E-state index contributed by atoms with van der Waals surface area (Å²) < 4.78 is 38.8. The second-order valence-corrected chi connectivity index (χ2v) is 10.2. The molecule has 2 aromatic carbocycles. The molecule has 9 heteroatoms. The maximum Gasteiger partial charge on any atom is 0.243 e. The molecule has 1 amide bonds. The molecule has 34 heavy (non-hydrogen) atoms. The Morgan fingerprint density at radius 3 is 2.44 bits per heavy atom. The number of aryl methyl sites for hydroxylation is 2. The van der Waals surface area contributed by atoms with Crippen molar-refractivity contribution in [1.29, 1.82) is 0 Å². The first-order valence-corrected chi connectivity index (χ1v) is 13.2. The van der Waals surface area contributed by atoms with Gasteiger partial charge in [0.25, 0.3) is 0 Å². The van der Waals surface area contributed by atoms with E-state index in [1.54, 1.807) is 18.2 Å². The molecule has 1 aliphatic heterocycles. The number of carbonyl (C=O) groups excluding carboxylic acids is 1. The third kappa shape index (κ3) is 6.28. The van der Waals surface area contributed by atoms with Gasteiger partial charge in [-0.1, -0.05) is 31.5 Å². The molecular weight excluding hydrogens is 454 g/mol. The summed E-state index contributed by atoms with van der Waals surface area (Å²) in [6, 6.07) is 10.8. The van der Waals surface area contributed by atoms with Crippen LogP contribution in [0.25, 0.3) is 0 Å². The average Bonchev–Trinajstić information content (AvgIpc) is 2.81. The number of rotatable bonds is 10. The minimum absolute atomic E-state index is 0.142. The molecule has 1 fully saturated rings. The largest absolute Gasteiger partial charge is 0.493 e. The Kier molecular flexibility index (Phi) is 8.93. The first kappa shape index (κ1) is 26.0. The highest BCUT2D eigenvalue weighted by molar-refractivity contribution is 7.89. The molecule has 8 nitrogen and oxygen atoms in total. The van der Waals surface area contributed by atoms with Crippen molar-refractivity contribution < 1.29 is 22.7 Å². The maximum atomic E-state index is 13.1. The Balaban J connectivity index is 1.78. The molecule has 2 aromatic rings. The average molecular weight is 490 g/mol. The Morgan fingerprint density at radius 1 is 1.09 bits per heavy atom. The van der Waals surface area contributed by atoms with Crippen LogP contribution in [0.1, 0.15) is 31.4 Å². The van der Waals surface area contributed by atoms with Crippen molar-refractivity contribution in [2.75, 3.05) is 56.2 Å². The van der Waals surface area contributed by atoms with Crippen LogP contribution in [-0.4, -0.2) is 64.6 Å². The van der Waals surface area contributed by atoms with Gasteiger partial charge in [-0.15, -0.1) is 0 Å². The summed E-state index contributed by atoms with van der Waals surface area (Å²) in [5, 5.41) is 2.92. The van der Waals surface area contributed by atoms with Crippen LogP contribution >= 0.6 is 0 Å². The summed E-state index contributed by atoms with van der Waals surface area (Å²) in [5.74, 6) is 0.511. The van der Waals surface area contributed by atoms with Crippen LogP contribution in [0.15, 0.2) is 41.3 Å². The smallest absolute Gasteiger partial charge is 0.243 e. The van der Waals surface area contributed by atoms with Gasteiger partial charge < -0.3 is 19.7 Å². The van der Waals surface area contributed by atoms with Crippen molar-refractivity contribution in [3.05, 3.63) is 47.5 Å². The minimum atomic E-state index is -3.65. The van der Waals surface area contributed by atoms with E-state index < -0.39 is 10.0 Å². The van der Waals surface area contributed by atoms with Crippen LogP contribution in [0.3, 0.4) is 0 Å². The van der Waals surface area contributed by atoms with Crippen molar-refractivity contribution in [2.45, 2.75) is 39.0 Å². The van der Waals surface area contributed by atoms with Gasteiger partial charge in [-0.3, -0.25) is 4.79 Å². The molecule has 0 unspecified atom stereocenters. The van der Waals surface area contributed by atoms with Gasteiger partial charge in [-0.05, 0) is 43.7 Å². The molecule has 0 radical (unpaired) electrons. The van der Waals surface area contributed by atoms with Gasteiger partial charge in [0.15, 0.2) is 0 Å². The highest BCUT2D eigenvalue weighted by Crippen LogP contribution is 2.31. The summed E-state index contributed by atoms with van der Waals surface area (Å²) in [7, 11) is -3.65. The Labute approximate surface area is 202 Å². The van der Waals surface area contributed by atoms with E-state index in [1.807, 2.05) is 45.9 Å². The fourth-order valence-corrected chi connectivity index (χ4v) is 5.48. The number of benzene rings is 2. The van der Waals surface area contributed by atoms with Crippen molar-refractivity contribution in [2.24, 2.45) is 0 Å². The summed E-state index contributed by atoms with van der Waals surface area (Å²) in [4.78, 5) is 15.0. The predicted octanol–water partition coefficient (Wildman–Crippen LogP) is 3.58. The number of morpholine rings is 1. The molecule has 1 saturated heterocycles. The SMILES string of the molecule is CCN(CC)S(=O)(=O)c1ccc(N2CCOCC2)c(NC(=O)CCOc2ccc(C)cc2C)c1. The summed E-state index contributed by atoms with van der Waals surface area (Å²) in [6.45, 7) is 11.1. The molecule has 186 valence electrons. The van der Waals surface area contributed by atoms with Crippen molar-refractivity contribution in [1.82, 2.24) is 4.31 Å². The molecule has 1 heterocycles. The lowest BCUT2D eigenvalue weighted by Crippen LogP contribution is -2.37. The molecule has 0 aliphatic carbocycles. The molecule has 0 spiro atoms. The first-order chi connectivity index (χ1) is 16.3. The zero-order valence-electron chi connectivity index (χ0n) is 20.5. The molecule has 0 saturated carbocycles. The predicted molar refractivity (Wildman–Crippen MR) is 134 cm³/mol. The number of nitrogens with one attached hydrogen (secondary N) is 1. The lowest BCUT2D eigenvalue weighted by atomic mass is 10.1. The van der Waals surface area contributed by atoms with Crippen LogP contribution in [0.4, 0.5) is 11.4 Å². The number of hydrogen-bond donors (Lipinski definition) is 1. The zero-order chi connectivity index (χ0) is 24.7. The van der Waals surface area contributed by atoms with E-state index in [1.165, 1.54) is 4.31 Å². The molecule has 0 atom stereocenters. The Bertz CT molecular complexity index is 1090. The number of ether oxygens (including phenoxy) is 2. The van der Waals surface area contributed by atoms with Crippen LogP contribution < -0.4 is 15.0 Å². The van der Waals surface area contributed by atoms with E-state index in [4.69, 9.17) is 9.47 Å². The van der Waals surface area contributed by atoms with Crippen LogP contribution in [-0.2, 0) is 19.6 Å². The zero-order valence-corrected chi connectivity index (χ0v) is 21.3. The third-order valence-electron chi connectivity index (χ3n) is 5.85. The molecule has 1 aliphatic rings. The normalized spacial score (nSPS) is 14.3. The molecule has 1 N–H and O–H groups in total. The van der Waals surface area contributed by atoms with Crippen molar-refractivity contribution >= 4 is 27.3 Å². The van der Waals surface area contributed by atoms with E-state index >= 15 is 0 Å². The Morgan fingerprint density at radius 2 is 1.79 bits per heavy atom. The monoisotopic (exact) mass is 489 g/mol. The van der Waals surface area contributed by atoms with Crippen LogP contribution in [0, 0.1) is 13.8 Å². The number of amides is 1. The number of carbonyl (C=O) groups is 1. The van der Waals surface area contributed by atoms with Crippen LogP contribution in [0.5, 0.6) is 5.75 Å².